The second-order valence-corrected chi connectivity index (χ2v) is 15.2. The quantitative estimate of drug-likeness (QED) is 0.0373. The topological polar surface area (TPSA) is 104 Å². The molecule has 1 atom stereocenters. The third-order valence-electron chi connectivity index (χ3n) is 10.2. The number of hydrogen-bond acceptors (Lipinski definition) is 6. The van der Waals surface area contributed by atoms with Crippen LogP contribution in [0.15, 0.2) is 71.4 Å². The van der Waals surface area contributed by atoms with Crippen LogP contribution in [-0.4, -0.2) is 41.9 Å². The highest BCUT2D eigenvalue weighted by Crippen LogP contribution is 2.27. The SMILES string of the molecule is C=C(OC)/C(=C\c1c(C)n([C@@H](COC(=O)Cc2ccccc2COCCCCCCCCCCCCC)C(C)C)cc(C(=O)O)c1=O)Cc1cccc(Cl)c1F. The van der Waals surface area contributed by atoms with E-state index in [1.165, 1.54) is 83.2 Å². The standard InChI is InChI=1S/C46H61ClFNO7/c1-7-8-9-10-11-12-13-14-15-16-19-25-55-30-37-22-18-17-21-35(37)28-43(50)56-31-42(32(2)3)49-29-40(46(52)53)45(51)39(33(49)4)27-38(34(5)54-6)26-36-23-20-24-41(47)44(36)48/h17-18,20-24,27,29,32,42H,5,7-16,19,25-26,28,30-31H2,1-4,6H3,(H,52,53)/b38-27-/t42-/m0/s1. The minimum Gasteiger partial charge on any atom is -0.497 e. The third kappa shape index (κ3) is 14.4. The zero-order chi connectivity index (χ0) is 41.0. The van der Waals surface area contributed by atoms with E-state index in [1.54, 1.807) is 23.6 Å². The van der Waals surface area contributed by atoms with Gasteiger partial charge in [0, 0.05) is 30.5 Å². The molecule has 0 saturated heterocycles. The summed E-state index contributed by atoms with van der Waals surface area (Å²) in [5, 5.41) is 10.0. The van der Waals surface area contributed by atoms with Crippen molar-refractivity contribution in [1.29, 1.82) is 0 Å². The number of aromatic carboxylic acids is 1. The van der Waals surface area contributed by atoms with Crippen molar-refractivity contribution in [3.63, 3.8) is 0 Å². The van der Waals surface area contributed by atoms with Gasteiger partial charge in [-0.3, -0.25) is 9.59 Å². The molecular weight excluding hydrogens is 733 g/mol. The number of unbranched alkanes of at least 4 members (excludes halogenated alkanes) is 10. The molecule has 0 bridgehead atoms. The Kier molecular flexibility index (Phi) is 20.1. The van der Waals surface area contributed by atoms with Crippen molar-refractivity contribution in [2.75, 3.05) is 20.3 Å². The maximum absolute atomic E-state index is 14.9. The summed E-state index contributed by atoms with van der Waals surface area (Å²) in [5.41, 5.74) is 1.68. The van der Waals surface area contributed by atoms with Crippen LogP contribution in [0.2, 0.25) is 5.02 Å². The van der Waals surface area contributed by atoms with Crippen LogP contribution in [-0.2, 0) is 38.5 Å². The molecule has 0 aliphatic carbocycles. The predicted molar refractivity (Wildman–Crippen MR) is 223 cm³/mol. The zero-order valence-corrected chi connectivity index (χ0v) is 34.7. The van der Waals surface area contributed by atoms with E-state index >= 15 is 0 Å². The molecular formula is C46H61ClFNO7. The Morgan fingerprint density at radius 2 is 1.52 bits per heavy atom. The molecule has 1 N–H and O–H groups in total. The number of hydrogen-bond donors (Lipinski definition) is 1. The molecule has 2 aromatic carbocycles. The van der Waals surface area contributed by atoms with Crippen LogP contribution in [0.3, 0.4) is 0 Å². The lowest BCUT2D eigenvalue weighted by Crippen LogP contribution is -2.30. The minimum atomic E-state index is -1.41. The highest BCUT2D eigenvalue weighted by atomic mass is 35.5. The van der Waals surface area contributed by atoms with Crippen LogP contribution in [0.4, 0.5) is 4.39 Å². The Balaban J connectivity index is 1.69. The largest absolute Gasteiger partial charge is 0.497 e. The molecule has 8 nitrogen and oxygen atoms in total. The minimum absolute atomic E-state index is 0.0215. The molecule has 1 aromatic heterocycles. The van der Waals surface area contributed by atoms with Gasteiger partial charge in [-0.1, -0.05) is 140 Å². The molecule has 0 amide bonds. The van der Waals surface area contributed by atoms with Crippen molar-refractivity contribution in [3.8, 4) is 0 Å². The maximum atomic E-state index is 14.9. The second-order valence-electron chi connectivity index (χ2n) is 14.8. The summed E-state index contributed by atoms with van der Waals surface area (Å²) in [5.74, 6) is -2.42. The maximum Gasteiger partial charge on any atom is 0.341 e. The first kappa shape index (κ1) is 46.2. The Morgan fingerprint density at radius 3 is 2.12 bits per heavy atom. The molecule has 3 rings (SSSR count). The Morgan fingerprint density at radius 1 is 0.911 bits per heavy atom. The lowest BCUT2D eigenvalue weighted by molar-refractivity contribution is -0.144. The molecule has 56 heavy (non-hydrogen) atoms. The Bertz CT molecular complexity index is 1830. The number of aromatic nitrogens is 1. The molecule has 0 fully saturated rings. The monoisotopic (exact) mass is 793 g/mol. The van der Waals surface area contributed by atoms with Gasteiger partial charge in [-0.15, -0.1) is 0 Å². The van der Waals surface area contributed by atoms with Crippen molar-refractivity contribution < 1.29 is 33.3 Å². The van der Waals surface area contributed by atoms with Crippen LogP contribution < -0.4 is 5.43 Å². The second kappa shape index (κ2) is 24.4. The summed E-state index contributed by atoms with van der Waals surface area (Å²) in [6.45, 7) is 12.7. The summed E-state index contributed by atoms with van der Waals surface area (Å²) >= 11 is 6.02. The van der Waals surface area contributed by atoms with Crippen LogP contribution in [0, 0.1) is 18.7 Å². The van der Waals surface area contributed by atoms with Crippen LogP contribution >= 0.6 is 11.6 Å². The first-order chi connectivity index (χ1) is 26.9. The highest BCUT2D eigenvalue weighted by Gasteiger charge is 2.25. The van der Waals surface area contributed by atoms with Gasteiger partial charge in [0.2, 0.25) is 5.43 Å². The Labute approximate surface area is 337 Å². The fourth-order valence-electron chi connectivity index (χ4n) is 6.74. The van der Waals surface area contributed by atoms with Gasteiger partial charge >= 0.3 is 11.9 Å². The molecule has 3 aromatic rings. The number of ether oxygens (including phenoxy) is 3. The smallest absolute Gasteiger partial charge is 0.341 e. The van der Waals surface area contributed by atoms with E-state index in [1.807, 2.05) is 38.1 Å². The lowest BCUT2D eigenvalue weighted by Gasteiger charge is -2.27. The average molecular weight is 794 g/mol. The van der Waals surface area contributed by atoms with Gasteiger partial charge < -0.3 is 23.9 Å². The fourth-order valence-corrected chi connectivity index (χ4v) is 6.93. The number of carboxylic acids is 1. The van der Waals surface area contributed by atoms with Gasteiger partial charge in [-0.2, -0.15) is 0 Å². The number of halogens is 2. The van der Waals surface area contributed by atoms with Crippen molar-refractivity contribution in [2.24, 2.45) is 5.92 Å². The van der Waals surface area contributed by atoms with Gasteiger partial charge in [0.05, 0.1) is 31.2 Å². The molecule has 0 saturated carbocycles. The first-order valence-electron chi connectivity index (χ1n) is 20.0. The van der Waals surface area contributed by atoms with Gasteiger partial charge in [0.15, 0.2) is 0 Å². The van der Waals surface area contributed by atoms with E-state index in [-0.39, 0.29) is 47.3 Å². The summed E-state index contributed by atoms with van der Waals surface area (Å²) in [4.78, 5) is 39.2. The van der Waals surface area contributed by atoms with Crippen LogP contribution in [0.1, 0.15) is 136 Å². The van der Waals surface area contributed by atoms with Crippen molar-refractivity contribution in [1.82, 2.24) is 4.57 Å². The molecule has 0 radical (unpaired) electrons. The summed E-state index contributed by atoms with van der Waals surface area (Å²) in [7, 11) is 1.40. The number of allylic oxidation sites excluding steroid dienone is 1. The average Bonchev–Trinajstić information content (AvgIpc) is 3.17. The number of pyridine rings is 1. The van der Waals surface area contributed by atoms with Crippen molar-refractivity contribution >= 4 is 29.6 Å². The number of esters is 1. The number of methoxy groups -OCH3 is 1. The van der Waals surface area contributed by atoms with Gasteiger partial charge in [-0.25, -0.2) is 9.18 Å². The summed E-state index contributed by atoms with van der Waals surface area (Å²) < 4.78 is 33.8. The molecule has 0 aliphatic rings. The zero-order valence-electron chi connectivity index (χ0n) is 34.0. The number of carboxylic acid groups (broad SMARTS) is 1. The number of benzene rings is 2. The molecule has 1 heterocycles. The van der Waals surface area contributed by atoms with Crippen molar-refractivity contribution in [3.05, 3.63) is 121 Å². The molecule has 306 valence electrons. The van der Waals surface area contributed by atoms with E-state index in [2.05, 4.69) is 13.5 Å². The van der Waals surface area contributed by atoms with E-state index in [9.17, 15) is 23.9 Å². The number of rotatable bonds is 26. The van der Waals surface area contributed by atoms with E-state index < -0.39 is 34.8 Å². The van der Waals surface area contributed by atoms with E-state index in [0.717, 1.165) is 24.0 Å². The molecule has 10 heteroatoms. The van der Waals surface area contributed by atoms with Gasteiger partial charge in [0.1, 0.15) is 23.7 Å². The predicted octanol–water partition coefficient (Wildman–Crippen LogP) is 11.2. The van der Waals surface area contributed by atoms with E-state index in [4.69, 9.17) is 25.8 Å². The summed E-state index contributed by atoms with van der Waals surface area (Å²) in [6.07, 6.45) is 16.8. The third-order valence-corrected chi connectivity index (χ3v) is 10.5. The van der Waals surface area contributed by atoms with Gasteiger partial charge in [0.25, 0.3) is 0 Å². The van der Waals surface area contributed by atoms with Crippen LogP contribution in [0.5, 0.6) is 0 Å². The molecule has 0 aliphatic heterocycles. The Hall–Kier alpha value is -4.21. The van der Waals surface area contributed by atoms with Crippen molar-refractivity contribution in [2.45, 2.75) is 124 Å². The number of nitrogens with zero attached hydrogens (tertiary/aromatic N) is 1. The number of carbonyl (C=O) groups is 2. The number of carbonyl (C=O) groups excluding carboxylic acids is 1. The van der Waals surface area contributed by atoms with Crippen LogP contribution in [0.25, 0.3) is 6.08 Å². The first-order valence-corrected chi connectivity index (χ1v) is 20.4. The lowest BCUT2D eigenvalue weighted by atomic mass is 9.97. The molecule has 0 unspecified atom stereocenters. The highest BCUT2D eigenvalue weighted by molar-refractivity contribution is 6.30. The van der Waals surface area contributed by atoms with E-state index in [0.29, 0.717) is 24.5 Å². The normalized spacial score (nSPS) is 12.2. The molecule has 0 spiro atoms. The van der Waals surface area contributed by atoms with Gasteiger partial charge in [-0.05, 0) is 53.7 Å². The summed E-state index contributed by atoms with van der Waals surface area (Å²) in [6, 6.07) is 11.7. The fraction of sp³-hybridized carbons (Fsp3) is 0.500.